The molecule has 15 heteroatoms. The summed E-state index contributed by atoms with van der Waals surface area (Å²) in [6, 6.07) is 1.63. The normalized spacial score (nSPS) is 12.8. The summed E-state index contributed by atoms with van der Waals surface area (Å²) in [7, 11) is 0. The smallest absolute Gasteiger partial charge is 0.327 e. The third kappa shape index (κ3) is 10.9. The van der Waals surface area contributed by atoms with E-state index in [1.807, 2.05) is 5.32 Å². The molecule has 0 aliphatic heterocycles. The Morgan fingerprint density at radius 3 is 1.69 bits per heavy atom. The summed E-state index contributed by atoms with van der Waals surface area (Å²) in [5.41, 5.74) is 1.28. The third-order valence-corrected chi connectivity index (χ3v) is 4.98. The van der Waals surface area contributed by atoms with Gasteiger partial charge in [-0.1, -0.05) is 24.3 Å². The molecule has 4 amide bonds. The summed E-state index contributed by atoms with van der Waals surface area (Å²) in [5, 5.41) is 36.0. The summed E-state index contributed by atoms with van der Waals surface area (Å²) < 4.78 is 0. The van der Waals surface area contributed by atoms with Crippen LogP contribution in [0.3, 0.4) is 0 Å². The first-order chi connectivity index (χ1) is 17.0. The number of carbonyl (C=O) groups excluding carboxylic acids is 4. The molecule has 0 saturated heterocycles. The van der Waals surface area contributed by atoms with Gasteiger partial charge >= 0.3 is 17.9 Å². The van der Waals surface area contributed by atoms with E-state index in [4.69, 9.17) is 15.3 Å². The SMILES string of the molecule is O=CNCc1ccc(CC(=O)NC(CC(=O)O)C(=O)NC(CC(=O)O)C(=O)NC(CS)C(=O)O)cc1. The predicted molar refractivity (Wildman–Crippen MR) is 125 cm³/mol. The van der Waals surface area contributed by atoms with Gasteiger partial charge in [-0.25, -0.2) is 4.79 Å². The van der Waals surface area contributed by atoms with Crippen LogP contribution in [0.5, 0.6) is 0 Å². The molecule has 0 bridgehead atoms. The number of aliphatic carboxylic acids is 3. The number of nitrogens with one attached hydrogen (secondary N) is 4. The second kappa shape index (κ2) is 15.0. The fourth-order valence-electron chi connectivity index (χ4n) is 2.86. The molecule has 0 aliphatic carbocycles. The first-order valence-corrected chi connectivity index (χ1v) is 11.0. The molecule has 3 atom stereocenters. The standard InChI is InChI=1S/C21H26N4O10S/c26-10-22-8-12-3-1-11(2-4-12)5-16(27)23-13(6-17(28)29)19(32)24-14(7-18(30)31)20(33)25-15(9-36)21(34)35/h1-4,10,13-15,36H,5-9H2,(H,22,26)(H,23,27)(H,24,32)(H,25,33)(H,28,29)(H,30,31)(H,34,35). The Kier molecular flexibility index (Phi) is 12.4. The minimum absolute atomic E-state index is 0.230. The first-order valence-electron chi connectivity index (χ1n) is 10.4. The Bertz CT molecular complexity index is 985. The van der Waals surface area contributed by atoms with E-state index in [-0.39, 0.29) is 18.7 Å². The lowest BCUT2D eigenvalue weighted by Gasteiger charge is -2.22. The fraction of sp³-hybridized carbons (Fsp3) is 0.381. The van der Waals surface area contributed by atoms with Crippen molar-refractivity contribution in [2.75, 3.05) is 5.75 Å². The number of amides is 4. The maximum atomic E-state index is 12.7. The van der Waals surface area contributed by atoms with Crippen molar-refractivity contribution in [2.45, 2.75) is 43.9 Å². The van der Waals surface area contributed by atoms with Crippen LogP contribution < -0.4 is 21.3 Å². The average molecular weight is 527 g/mol. The first kappa shape index (κ1) is 29.9. The summed E-state index contributed by atoms with van der Waals surface area (Å²) >= 11 is 3.78. The number of hydrogen-bond donors (Lipinski definition) is 8. The molecular formula is C21H26N4O10S. The van der Waals surface area contributed by atoms with E-state index in [0.29, 0.717) is 12.0 Å². The van der Waals surface area contributed by atoms with Crippen LogP contribution in [0.15, 0.2) is 24.3 Å². The van der Waals surface area contributed by atoms with Crippen LogP contribution in [-0.2, 0) is 46.5 Å². The summed E-state index contributed by atoms with van der Waals surface area (Å²) in [4.78, 5) is 81.3. The van der Waals surface area contributed by atoms with Crippen molar-refractivity contribution in [1.29, 1.82) is 0 Å². The maximum Gasteiger partial charge on any atom is 0.327 e. The number of hydrogen-bond acceptors (Lipinski definition) is 8. The molecule has 0 heterocycles. The minimum atomic E-state index is -1.75. The van der Waals surface area contributed by atoms with Crippen LogP contribution in [0.2, 0.25) is 0 Å². The van der Waals surface area contributed by atoms with E-state index in [2.05, 4.69) is 28.6 Å². The Morgan fingerprint density at radius 2 is 1.25 bits per heavy atom. The van der Waals surface area contributed by atoms with E-state index in [9.17, 15) is 33.6 Å². The van der Waals surface area contributed by atoms with Gasteiger partial charge < -0.3 is 36.6 Å². The van der Waals surface area contributed by atoms with Gasteiger partial charge in [0.2, 0.25) is 24.1 Å². The molecule has 0 spiro atoms. The summed E-state index contributed by atoms with van der Waals surface area (Å²) in [5.74, 6) is -7.74. The third-order valence-electron chi connectivity index (χ3n) is 4.62. The largest absolute Gasteiger partial charge is 0.481 e. The molecule has 196 valence electrons. The zero-order chi connectivity index (χ0) is 27.3. The summed E-state index contributed by atoms with van der Waals surface area (Å²) in [6.45, 7) is 0.281. The molecule has 0 fully saturated rings. The van der Waals surface area contributed by atoms with E-state index in [0.717, 1.165) is 5.56 Å². The molecule has 0 radical (unpaired) electrons. The Balaban J connectivity index is 2.92. The van der Waals surface area contributed by atoms with Crippen molar-refractivity contribution in [2.24, 2.45) is 0 Å². The van der Waals surface area contributed by atoms with E-state index in [1.54, 1.807) is 24.3 Å². The Hall–Kier alpha value is -4.14. The van der Waals surface area contributed by atoms with Crippen molar-refractivity contribution >= 4 is 54.7 Å². The van der Waals surface area contributed by atoms with Crippen LogP contribution in [0.1, 0.15) is 24.0 Å². The van der Waals surface area contributed by atoms with Crippen molar-refractivity contribution in [1.82, 2.24) is 21.3 Å². The molecule has 0 saturated carbocycles. The molecular weight excluding hydrogens is 500 g/mol. The van der Waals surface area contributed by atoms with Crippen LogP contribution in [-0.4, -0.2) is 81.2 Å². The molecule has 1 aromatic carbocycles. The van der Waals surface area contributed by atoms with Crippen molar-refractivity contribution in [3.8, 4) is 0 Å². The van der Waals surface area contributed by atoms with Crippen LogP contribution in [0.25, 0.3) is 0 Å². The number of carboxylic acids is 3. The molecule has 1 rings (SSSR count). The van der Waals surface area contributed by atoms with Gasteiger partial charge in [-0.15, -0.1) is 0 Å². The molecule has 14 nitrogen and oxygen atoms in total. The Morgan fingerprint density at radius 1 is 0.778 bits per heavy atom. The van der Waals surface area contributed by atoms with Gasteiger partial charge in [0.1, 0.15) is 18.1 Å². The summed E-state index contributed by atoms with van der Waals surface area (Å²) in [6.07, 6.45) is -1.50. The highest BCUT2D eigenvalue weighted by molar-refractivity contribution is 7.80. The lowest BCUT2D eigenvalue weighted by Crippen LogP contribution is -2.57. The lowest BCUT2D eigenvalue weighted by atomic mass is 10.1. The van der Waals surface area contributed by atoms with E-state index in [1.165, 1.54) is 0 Å². The van der Waals surface area contributed by atoms with Gasteiger partial charge in [0.15, 0.2) is 0 Å². The minimum Gasteiger partial charge on any atom is -0.481 e. The monoisotopic (exact) mass is 526 g/mol. The zero-order valence-corrected chi connectivity index (χ0v) is 19.7. The predicted octanol–water partition coefficient (Wildman–Crippen LogP) is -2.11. The van der Waals surface area contributed by atoms with E-state index < -0.39 is 66.6 Å². The molecule has 7 N–H and O–H groups in total. The average Bonchev–Trinajstić information content (AvgIpc) is 2.80. The highest BCUT2D eigenvalue weighted by atomic mass is 32.1. The maximum absolute atomic E-state index is 12.7. The van der Waals surface area contributed by atoms with Gasteiger partial charge in [-0.2, -0.15) is 12.6 Å². The van der Waals surface area contributed by atoms with Crippen LogP contribution in [0.4, 0.5) is 0 Å². The number of carbonyl (C=O) groups is 7. The number of rotatable bonds is 16. The quantitative estimate of drug-likeness (QED) is 0.0863. The number of benzene rings is 1. The number of carboxylic acid groups (broad SMARTS) is 3. The molecule has 0 aromatic heterocycles. The van der Waals surface area contributed by atoms with Crippen LogP contribution >= 0.6 is 12.6 Å². The molecule has 1 aromatic rings. The van der Waals surface area contributed by atoms with Crippen molar-refractivity contribution < 1.29 is 48.9 Å². The van der Waals surface area contributed by atoms with Gasteiger partial charge in [-0.05, 0) is 11.1 Å². The molecule has 36 heavy (non-hydrogen) atoms. The van der Waals surface area contributed by atoms with Crippen molar-refractivity contribution in [3.05, 3.63) is 35.4 Å². The highest BCUT2D eigenvalue weighted by Crippen LogP contribution is 2.06. The van der Waals surface area contributed by atoms with Crippen molar-refractivity contribution in [3.63, 3.8) is 0 Å². The molecule has 3 unspecified atom stereocenters. The van der Waals surface area contributed by atoms with Gasteiger partial charge in [0.05, 0.1) is 19.3 Å². The van der Waals surface area contributed by atoms with Gasteiger partial charge in [0, 0.05) is 12.3 Å². The zero-order valence-electron chi connectivity index (χ0n) is 18.8. The Labute approximate surface area is 210 Å². The highest BCUT2D eigenvalue weighted by Gasteiger charge is 2.31. The van der Waals surface area contributed by atoms with E-state index >= 15 is 0 Å². The second-order valence-corrected chi connectivity index (χ2v) is 7.82. The van der Waals surface area contributed by atoms with Gasteiger partial charge in [0.25, 0.3) is 0 Å². The van der Waals surface area contributed by atoms with Gasteiger partial charge in [-0.3, -0.25) is 28.8 Å². The molecule has 0 aliphatic rings. The number of thiol groups is 1. The fourth-order valence-corrected chi connectivity index (χ4v) is 3.11. The van der Waals surface area contributed by atoms with Crippen LogP contribution in [0, 0.1) is 0 Å². The lowest BCUT2D eigenvalue weighted by molar-refractivity contribution is -0.144. The second-order valence-electron chi connectivity index (χ2n) is 7.45. The topological polar surface area (TPSA) is 228 Å².